The molecule has 1 aromatic rings. The summed E-state index contributed by atoms with van der Waals surface area (Å²) in [5, 5.41) is 7.81. The van der Waals surface area contributed by atoms with E-state index < -0.39 is 0 Å². The van der Waals surface area contributed by atoms with Gasteiger partial charge in [0.25, 0.3) is 0 Å². The van der Waals surface area contributed by atoms with E-state index in [0.717, 1.165) is 5.92 Å². The number of aromatic nitrogens is 2. The number of rotatable bonds is 3. The van der Waals surface area contributed by atoms with E-state index in [0.29, 0.717) is 6.04 Å². The van der Waals surface area contributed by atoms with Crippen molar-refractivity contribution in [2.24, 2.45) is 13.0 Å². The zero-order valence-corrected chi connectivity index (χ0v) is 9.74. The molecule has 15 heavy (non-hydrogen) atoms. The van der Waals surface area contributed by atoms with E-state index >= 15 is 0 Å². The Morgan fingerprint density at radius 1 is 1.47 bits per heavy atom. The molecule has 1 fully saturated rings. The SMILES string of the molecule is CC[C@H]1CCCC[C@H]1Nc1cnn(C)c1. The Labute approximate surface area is 91.9 Å². The summed E-state index contributed by atoms with van der Waals surface area (Å²) in [6.45, 7) is 2.30. The molecule has 0 bridgehead atoms. The maximum absolute atomic E-state index is 4.19. The van der Waals surface area contributed by atoms with Gasteiger partial charge in [-0.15, -0.1) is 0 Å². The van der Waals surface area contributed by atoms with Gasteiger partial charge in [-0.1, -0.05) is 26.2 Å². The third kappa shape index (κ3) is 2.52. The number of hydrogen-bond donors (Lipinski definition) is 1. The molecule has 2 rings (SSSR count). The largest absolute Gasteiger partial charge is 0.379 e. The molecule has 1 aliphatic rings. The molecular formula is C12H21N3. The van der Waals surface area contributed by atoms with E-state index in [4.69, 9.17) is 0 Å². The first-order valence-electron chi connectivity index (χ1n) is 6.04. The molecule has 0 spiro atoms. The Morgan fingerprint density at radius 3 is 2.93 bits per heavy atom. The second-order valence-corrected chi connectivity index (χ2v) is 4.61. The van der Waals surface area contributed by atoms with Crippen molar-refractivity contribution in [3.8, 4) is 0 Å². The molecule has 0 radical (unpaired) electrons. The van der Waals surface area contributed by atoms with Crippen LogP contribution >= 0.6 is 0 Å². The molecule has 1 aliphatic carbocycles. The zero-order valence-electron chi connectivity index (χ0n) is 9.74. The third-order valence-corrected chi connectivity index (χ3v) is 3.49. The van der Waals surface area contributed by atoms with Crippen molar-refractivity contribution in [2.75, 3.05) is 5.32 Å². The van der Waals surface area contributed by atoms with Crippen LogP contribution in [0, 0.1) is 5.92 Å². The van der Waals surface area contributed by atoms with E-state index in [-0.39, 0.29) is 0 Å². The molecule has 2 atom stereocenters. The van der Waals surface area contributed by atoms with Crippen LogP contribution in [0.3, 0.4) is 0 Å². The number of hydrogen-bond acceptors (Lipinski definition) is 2. The molecule has 1 heterocycles. The van der Waals surface area contributed by atoms with Crippen molar-refractivity contribution in [2.45, 2.75) is 45.1 Å². The van der Waals surface area contributed by atoms with Gasteiger partial charge in [0.05, 0.1) is 11.9 Å². The highest BCUT2D eigenvalue weighted by atomic mass is 15.3. The van der Waals surface area contributed by atoms with E-state index in [1.807, 2.05) is 17.9 Å². The van der Waals surface area contributed by atoms with Crippen molar-refractivity contribution in [3.05, 3.63) is 12.4 Å². The van der Waals surface area contributed by atoms with Gasteiger partial charge in [0, 0.05) is 19.3 Å². The standard InChI is InChI=1S/C12H21N3/c1-3-10-6-4-5-7-12(10)14-11-8-13-15(2)9-11/h8-10,12,14H,3-7H2,1-2H3/t10-,12+/m0/s1. The van der Waals surface area contributed by atoms with Gasteiger partial charge in [-0.3, -0.25) is 4.68 Å². The van der Waals surface area contributed by atoms with Crippen molar-refractivity contribution in [1.82, 2.24) is 9.78 Å². The number of nitrogens with zero attached hydrogens (tertiary/aromatic N) is 2. The molecule has 0 aliphatic heterocycles. The first kappa shape index (κ1) is 10.5. The van der Waals surface area contributed by atoms with Crippen molar-refractivity contribution < 1.29 is 0 Å². The van der Waals surface area contributed by atoms with Crippen LogP contribution < -0.4 is 5.32 Å². The molecule has 1 aromatic heterocycles. The maximum Gasteiger partial charge on any atom is 0.0728 e. The fraction of sp³-hybridized carbons (Fsp3) is 0.750. The lowest BCUT2D eigenvalue weighted by Crippen LogP contribution is -2.31. The van der Waals surface area contributed by atoms with E-state index in [1.54, 1.807) is 0 Å². The molecule has 1 saturated carbocycles. The van der Waals surface area contributed by atoms with E-state index in [1.165, 1.54) is 37.8 Å². The lowest BCUT2D eigenvalue weighted by atomic mass is 9.83. The van der Waals surface area contributed by atoms with Crippen LogP contribution in [0.4, 0.5) is 5.69 Å². The molecule has 0 unspecified atom stereocenters. The quantitative estimate of drug-likeness (QED) is 0.826. The lowest BCUT2D eigenvalue weighted by molar-refractivity contribution is 0.317. The van der Waals surface area contributed by atoms with Gasteiger partial charge in [-0.25, -0.2) is 0 Å². The first-order chi connectivity index (χ1) is 7.29. The van der Waals surface area contributed by atoms with Crippen molar-refractivity contribution >= 4 is 5.69 Å². The molecule has 0 aromatic carbocycles. The van der Waals surface area contributed by atoms with Gasteiger partial charge in [0.2, 0.25) is 0 Å². The minimum Gasteiger partial charge on any atom is -0.379 e. The summed E-state index contributed by atoms with van der Waals surface area (Å²) < 4.78 is 1.85. The number of aryl methyl sites for hydroxylation is 1. The lowest BCUT2D eigenvalue weighted by Gasteiger charge is -2.31. The molecule has 1 N–H and O–H groups in total. The predicted octanol–water partition coefficient (Wildman–Crippen LogP) is 2.80. The summed E-state index contributed by atoms with van der Waals surface area (Å²) >= 11 is 0. The predicted molar refractivity (Wildman–Crippen MR) is 62.9 cm³/mol. The Bertz CT molecular complexity index is 306. The monoisotopic (exact) mass is 207 g/mol. The molecule has 3 heteroatoms. The summed E-state index contributed by atoms with van der Waals surface area (Å²) in [7, 11) is 1.96. The van der Waals surface area contributed by atoms with Gasteiger partial charge in [0.15, 0.2) is 0 Å². The van der Waals surface area contributed by atoms with Crippen molar-refractivity contribution in [1.29, 1.82) is 0 Å². The zero-order chi connectivity index (χ0) is 10.7. The molecule has 84 valence electrons. The highest BCUT2D eigenvalue weighted by Crippen LogP contribution is 2.29. The average molecular weight is 207 g/mol. The normalized spacial score (nSPS) is 26.5. The number of anilines is 1. The average Bonchev–Trinajstić information content (AvgIpc) is 2.65. The van der Waals surface area contributed by atoms with Gasteiger partial charge in [0.1, 0.15) is 0 Å². The van der Waals surface area contributed by atoms with Crippen LogP contribution in [-0.4, -0.2) is 15.8 Å². The summed E-state index contributed by atoms with van der Waals surface area (Å²) in [4.78, 5) is 0. The molecular weight excluding hydrogens is 186 g/mol. The summed E-state index contributed by atoms with van der Waals surface area (Å²) in [5.41, 5.74) is 1.17. The Morgan fingerprint density at radius 2 is 2.27 bits per heavy atom. The van der Waals surface area contributed by atoms with Gasteiger partial charge in [-0.05, 0) is 18.8 Å². The van der Waals surface area contributed by atoms with E-state index in [9.17, 15) is 0 Å². The van der Waals surface area contributed by atoms with Gasteiger partial charge >= 0.3 is 0 Å². The van der Waals surface area contributed by atoms with Crippen LogP contribution in [0.25, 0.3) is 0 Å². The molecule has 0 saturated heterocycles. The topological polar surface area (TPSA) is 29.9 Å². The first-order valence-corrected chi connectivity index (χ1v) is 6.04. The van der Waals surface area contributed by atoms with Gasteiger partial charge in [-0.2, -0.15) is 5.10 Å². The highest BCUT2D eigenvalue weighted by molar-refractivity contribution is 5.39. The van der Waals surface area contributed by atoms with Crippen LogP contribution in [0.15, 0.2) is 12.4 Å². The fourth-order valence-electron chi connectivity index (χ4n) is 2.60. The minimum atomic E-state index is 0.660. The smallest absolute Gasteiger partial charge is 0.0728 e. The Balaban J connectivity index is 1.97. The summed E-state index contributed by atoms with van der Waals surface area (Å²) in [6.07, 6.45) is 10.7. The second kappa shape index (κ2) is 4.69. The van der Waals surface area contributed by atoms with Crippen LogP contribution in [-0.2, 0) is 7.05 Å². The van der Waals surface area contributed by atoms with Crippen LogP contribution in [0.5, 0.6) is 0 Å². The van der Waals surface area contributed by atoms with Crippen molar-refractivity contribution in [3.63, 3.8) is 0 Å². The summed E-state index contributed by atoms with van der Waals surface area (Å²) in [5.74, 6) is 0.846. The molecule has 0 amide bonds. The van der Waals surface area contributed by atoms with Crippen LogP contribution in [0.1, 0.15) is 39.0 Å². The Kier molecular flexibility index (Phi) is 3.29. The van der Waals surface area contributed by atoms with E-state index in [2.05, 4.69) is 23.5 Å². The minimum absolute atomic E-state index is 0.660. The maximum atomic E-state index is 4.19. The molecule has 3 nitrogen and oxygen atoms in total. The fourth-order valence-corrected chi connectivity index (χ4v) is 2.60. The number of nitrogens with one attached hydrogen (secondary N) is 1. The third-order valence-electron chi connectivity index (χ3n) is 3.49. The van der Waals surface area contributed by atoms with Crippen LogP contribution in [0.2, 0.25) is 0 Å². The summed E-state index contributed by atoms with van der Waals surface area (Å²) in [6, 6.07) is 0.660. The highest BCUT2D eigenvalue weighted by Gasteiger charge is 2.23. The second-order valence-electron chi connectivity index (χ2n) is 4.61. The van der Waals surface area contributed by atoms with Gasteiger partial charge < -0.3 is 5.32 Å². The Hall–Kier alpha value is -0.990.